The van der Waals surface area contributed by atoms with Crippen LogP contribution in [0.25, 0.3) is 17.3 Å². The van der Waals surface area contributed by atoms with Crippen molar-refractivity contribution in [1.29, 1.82) is 0 Å². The Balaban J connectivity index is 1.21. The SMILES string of the molecule is C(=C\[Si](c1ccccc1)(c1ccccc1)c1ccccc1)/c1ccc(-c2ccc(N(c3ccccc3)c3ccccc3)cn2)cc1. The monoisotopic (exact) mass is 606 g/mol. The Labute approximate surface area is 272 Å². The lowest BCUT2D eigenvalue weighted by atomic mass is 10.1. The molecule has 0 aliphatic carbocycles. The molecule has 6 aromatic carbocycles. The average molecular weight is 607 g/mol. The van der Waals surface area contributed by atoms with E-state index in [0.717, 1.165) is 28.3 Å². The molecule has 0 saturated carbocycles. The zero-order chi connectivity index (χ0) is 31.0. The molecule has 0 fully saturated rings. The number of para-hydroxylation sites is 2. The molecule has 2 nitrogen and oxygen atoms in total. The minimum absolute atomic E-state index is 0.946. The fourth-order valence-corrected chi connectivity index (χ4v) is 10.3. The molecule has 0 unspecified atom stereocenters. The van der Waals surface area contributed by atoms with E-state index in [1.807, 2.05) is 18.3 Å². The summed E-state index contributed by atoms with van der Waals surface area (Å²) in [5, 5.41) is 4.10. The van der Waals surface area contributed by atoms with E-state index in [4.69, 9.17) is 4.98 Å². The second kappa shape index (κ2) is 13.5. The molecule has 0 spiro atoms. The third-order valence-electron chi connectivity index (χ3n) is 8.45. The van der Waals surface area contributed by atoms with Gasteiger partial charge in [0.15, 0.2) is 8.07 Å². The number of rotatable bonds is 9. The molecular formula is C43H34N2Si. The Bertz CT molecular complexity index is 1860. The highest BCUT2D eigenvalue weighted by Crippen LogP contribution is 2.34. The quantitative estimate of drug-likeness (QED) is 0.120. The maximum atomic E-state index is 4.90. The van der Waals surface area contributed by atoms with Gasteiger partial charge in [-0.2, -0.15) is 0 Å². The largest absolute Gasteiger partial charge is 0.309 e. The molecule has 3 heteroatoms. The molecule has 0 saturated heterocycles. The predicted octanol–water partition coefficient (Wildman–Crippen LogP) is 8.94. The van der Waals surface area contributed by atoms with E-state index in [9.17, 15) is 0 Å². The van der Waals surface area contributed by atoms with Crippen molar-refractivity contribution in [2.24, 2.45) is 0 Å². The predicted molar refractivity (Wildman–Crippen MR) is 197 cm³/mol. The first-order valence-electron chi connectivity index (χ1n) is 15.6. The average Bonchev–Trinajstić information content (AvgIpc) is 3.15. The summed E-state index contributed by atoms with van der Waals surface area (Å²) in [7, 11) is -2.45. The lowest BCUT2D eigenvalue weighted by Gasteiger charge is -2.30. The third-order valence-corrected chi connectivity index (χ3v) is 12.9. The number of anilines is 3. The van der Waals surface area contributed by atoms with Gasteiger partial charge in [0.05, 0.1) is 17.6 Å². The summed E-state index contributed by atoms with van der Waals surface area (Å²) < 4.78 is 0. The van der Waals surface area contributed by atoms with Crippen molar-refractivity contribution in [2.45, 2.75) is 0 Å². The van der Waals surface area contributed by atoms with Gasteiger partial charge >= 0.3 is 0 Å². The molecule has 220 valence electrons. The minimum Gasteiger partial charge on any atom is -0.309 e. The Kier molecular flexibility index (Phi) is 8.48. The fraction of sp³-hybridized carbons (Fsp3) is 0. The smallest absolute Gasteiger partial charge is 0.172 e. The maximum Gasteiger partial charge on any atom is 0.172 e. The van der Waals surface area contributed by atoms with E-state index in [1.165, 1.54) is 21.1 Å². The molecular weight excluding hydrogens is 573 g/mol. The van der Waals surface area contributed by atoms with Crippen LogP contribution in [0.15, 0.2) is 200 Å². The molecule has 0 radical (unpaired) electrons. The van der Waals surface area contributed by atoms with Gasteiger partial charge in [-0.05, 0) is 57.5 Å². The summed E-state index contributed by atoms with van der Waals surface area (Å²) in [5.41, 5.74) is 8.90. The van der Waals surface area contributed by atoms with Crippen molar-refractivity contribution in [3.8, 4) is 11.3 Å². The summed E-state index contributed by atoms with van der Waals surface area (Å²) in [5.74, 6) is 0. The highest BCUT2D eigenvalue weighted by Gasteiger charge is 2.36. The van der Waals surface area contributed by atoms with E-state index >= 15 is 0 Å². The first-order chi connectivity index (χ1) is 22.8. The molecule has 46 heavy (non-hydrogen) atoms. The van der Waals surface area contributed by atoms with Crippen molar-refractivity contribution in [3.05, 3.63) is 206 Å². The van der Waals surface area contributed by atoms with Crippen LogP contribution in [-0.4, -0.2) is 13.1 Å². The Morgan fingerprint density at radius 3 is 1.26 bits per heavy atom. The molecule has 0 bridgehead atoms. The normalized spacial score (nSPS) is 11.4. The van der Waals surface area contributed by atoms with Crippen LogP contribution in [0, 0.1) is 0 Å². The van der Waals surface area contributed by atoms with Gasteiger partial charge in [0.1, 0.15) is 0 Å². The third kappa shape index (κ3) is 5.97. The summed E-state index contributed by atoms with van der Waals surface area (Å²) in [6.07, 6.45) is 4.26. The molecule has 0 N–H and O–H groups in total. The number of hydrogen-bond donors (Lipinski definition) is 0. The highest BCUT2D eigenvalue weighted by molar-refractivity contribution is 7.15. The van der Waals surface area contributed by atoms with Gasteiger partial charge in [-0.15, -0.1) is 0 Å². The zero-order valence-corrected chi connectivity index (χ0v) is 26.5. The van der Waals surface area contributed by atoms with E-state index < -0.39 is 8.07 Å². The highest BCUT2D eigenvalue weighted by atomic mass is 28.3. The molecule has 0 amide bonds. The van der Waals surface area contributed by atoms with Crippen LogP contribution in [0.2, 0.25) is 0 Å². The minimum atomic E-state index is -2.45. The van der Waals surface area contributed by atoms with Crippen molar-refractivity contribution < 1.29 is 0 Å². The molecule has 1 heterocycles. The first kappa shape index (κ1) is 29.0. The molecule has 0 atom stereocenters. The summed E-state index contributed by atoms with van der Waals surface area (Å²) in [6.45, 7) is 0. The van der Waals surface area contributed by atoms with Crippen molar-refractivity contribution in [1.82, 2.24) is 4.98 Å². The second-order valence-corrected chi connectivity index (χ2v) is 15.0. The van der Waals surface area contributed by atoms with Gasteiger partial charge in [-0.1, -0.05) is 163 Å². The van der Waals surface area contributed by atoms with Crippen molar-refractivity contribution in [3.63, 3.8) is 0 Å². The molecule has 7 rings (SSSR count). The molecule has 0 aliphatic heterocycles. The van der Waals surface area contributed by atoms with Gasteiger partial charge in [-0.25, -0.2) is 0 Å². The zero-order valence-electron chi connectivity index (χ0n) is 25.5. The van der Waals surface area contributed by atoms with Gasteiger partial charge in [0, 0.05) is 16.9 Å². The molecule has 0 aliphatic rings. The Hall–Kier alpha value is -5.77. The van der Waals surface area contributed by atoms with Gasteiger partial charge in [-0.3, -0.25) is 4.98 Å². The van der Waals surface area contributed by atoms with Crippen LogP contribution in [-0.2, 0) is 0 Å². The van der Waals surface area contributed by atoms with Crippen molar-refractivity contribution >= 4 is 46.8 Å². The van der Waals surface area contributed by atoms with Gasteiger partial charge < -0.3 is 4.90 Å². The standard InChI is InChI=1S/C43H34N2Si/c1-6-16-37(17-7-1)45(38-18-8-2-9-19-38)39-30-31-43(44-34-39)36-28-26-35(27-29-36)32-33-46(40-20-10-3-11-21-40,41-22-12-4-13-23-41)42-24-14-5-15-25-42/h1-34H/b33-32+. The second-order valence-electron chi connectivity index (χ2n) is 11.3. The fourth-order valence-electron chi connectivity index (χ4n) is 6.17. The van der Waals surface area contributed by atoms with E-state index in [-0.39, 0.29) is 0 Å². The molecule has 7 aromatic rings. The van der Waals surface area contributed by atoms with Crippen LogP contribution < -0.4 is 20.5 Å². The van der Waals surface area contributed by atoms with Crippen LogP contribution in [0.5, 0.6) is 0 Å². The first-order valence-corrected chi connectivity index (χ1v) is 17.7. The number of benzene rings is 6. The summed E-state index contributed by atoms with van der Waals surface area (Å²) in [4.78, 5) is 7.13. The Morgan fingerprint density at radius 1 is 0.413 bits per heavy atom. The summed E-state index contributed by atoms with van der Waals surface area (Å²) in [6, 6.07) is 66.8. The van der Waals surface area contributed by atoms with E-state index in [2.05, 4.69) is 193 Å². The summed E-state index contributed by atoms with van der Waals surface area (Å²) >= 11 is 0. The van der Waals surface area contributed by atoms with Crippen LogP contribution in [0.4, 0.5) is 17.1 Å². The van der Waals surface area contributed by atoms with Crippen molar-refractivity contribution in [2.75, 3.05) is 4.90 Å². The Morgan fingerprint density at radius 2 is 0.848 bits per heavy atom. The van der Waals surface area contributed by atoms with E-state index in [1.54, 1.807) is 0 Å². The number of aromatic nitrogens is 1. The maximum absolute atomic E-state index is 4.90. The number of hydrogen-bond acceptors (Lipinski definition) is 2. The van der Waals surface area contributed by atoms with E-state index in [0.29, 0.717) is 0 Å². The lowest BCUT2D eigenvalue weighted by molar-refractivity contribution is 1.23. The topological polar surface area (TPSA) is 16.1 Å². The van der Waals surface area contributed by atoms with Gasteiger partial charge in [0.2, 0.25) is 0 Å². The molecule has 1 aromatic heterocycles. The lowest BCUT2D eigenvalue weighted by Crippen LogP contribution is -2.66. The van der Waals surface area contributed by atoms with Crippen LogP contribution in [0.1, 0.15) is 5.56 Å². The number of pyridine rings is 1. The van der Waals surface area contributed by atoms with Crippen LogP contribution in [0.3, 0.4) is 0 Å². The van der Waals surface area contributed by atoms with Gasteiger partial charge in [0.25, 0.3) is 0 Å². The number of nitrogens with zero attached hydrogens (tertiary/aromatic N) is 2. The van der Waals surface area contributed by atoms with Crippen LogP contribution >= 0.6 is 0 Å².